The Morgan fingerprint density at radius 2 is 1.69 bits per heavy atom. The number of unbranched alkanes of at least 4 members (excludes halogenated alkanes) is 1. The largest absolute Gasteiger partial charge is 0.467 e. The predicted molar refractivity (Wildman–Crippen MR) is 145 cm³/mol. The number of benzene rings is 2. The highest BCUT2D eigenvalue weighted by Crippen LogP contribution is 2.33. The fourth-order valence-electron chi connectivity index (χ4n) is 4.23. The number of rotatable bonds is 10. The van der Waals surface area contributed by atoms with Crippen molar-refractivity contribution in [1.29, 1.82) is 0 Å². The SMILES string of the molecule is COC(=O)[C@H](CCCCNC(=O)OCc1ccccc1)NC(=O)[C@@H]1Cc2ccccc2N1C(=O)OC(C)(C)C. The Labute approximate surface area is 229 Å². The van der Waals surface area contributed by atoms with Crippen LogP contribution >= 0.6 is 0 Å². The summed E-state index contributed by atoms with van der Waals surface area (Å²) in [6.07, 6.45) is 0.518. The van der Waals surface area contributed by atoms with E-state index in [1.54, 1.807) is 32.9 Å². The van der Waals surface area contributed by atoms with Gasteiger partial charge in [-0.25, -0.2) is 14.4 Å². The van der Waals surface area contributed by atoms with Crippen LogP contribution in [0.3, 0.4) is 0 Å². The zero-order chi connectivity index (χ0) is 28.4. The molecule has 2 aromatic carbocycles. The number of methoxy groups -OCH3 is 1. The maximum atomic E-state index is 13.4. The first-order chi connectivity index (χ1) is 18.6. The smallest absolute Gasteiger partial charge is 0.415 e. The normalized spacial score (nSPS) is 15.1. The average molecular weight is 540 g/mol. The molecule has 0 radical (unpaired) electrons. The molecule has 10 heteroatoms. The van der Waals surface area contributed by atoms with Crippen molar-refractivity contribution in [3.63, 3.8) is 0 Å². The minimum Gasteiger partial charge on any atom is -0.467 e. The lowest BCUT2D eigenvalue weighted by atomic mass is 10.1. The van der Waals surface area contributed by atoms with E-state index in [9.17, 15) is 19.2 Å². The van der Waals surface area contributed by atoms with E-state index in [2.05, 4.69) is 10.6 Å². The van der Waals surface area contributed by atoms with Crippen molar-refractivity contribution in [2.75, 3.05) is 18.6 Å². The first kappa shape index (κ1) is 29.5. The number of alkyl carbamates (subject to hydrolysis) is 1. The molecule has 0 saturated heterocycles. The summed E-state index contributed by atoms with van der Waals surface area (Å²) in [6.45, 7) is 5.79. The molecule has 2 atom stereocenters. The van der Waals surface area contributed by atoms with E-state index in [4.69, 9.17) is 14.2 Å². The molecule has 3 rings (SSSR count). The van der Waals surface area contributed by atoms with E-state index in [1.807, 2.05) is 42.5 Å². The number of hydrogen-bond donors (Lipinski definition) is 2. The van der Waals surface area contributed by atoms with Crippen LogP contribution in [-0.2, 0) is 36.8 Å². The van der Waals surface area contributed by atoms with Crippen LogP contribution in [-0.4, -0.2) is 55.4 Å². The quantitative estimate of drug-likeness (QED) is 0.265. The zero-order valence-corrected chi connectivity index (χ0v) is 22.9. The second kappa shape index (κ2) is 13.6. The Bertz CT molecular complexity index is 1150. The van der Waals surface area contributed by atoms with Crippen molar-refractivity contribution in [2.24, 2.45) is 0 Å². The molecule has 1 aliphatic rings. The highest BCUT2D eigenvalue weighted by molar-refractivity contribution is 6.01. The van der Waals surface area contributed by atoms with Gasteiger partial charge in [-0.05, 0) is 57.2 Å². The van der Waals surface area contributed by atoms with Gasteiger partial charge in [-0.15, -0.1) is 0 Å². The van der Waals surface area contributed by atoms with Crippen LogP contribution in [0, 0.1) is 0 Å². The lowest BCUT2D eigenvalue weighted by Gasteiger charge is -2.29. The third-order valence-corrected chi connectivity index (χ3v) is 6.07. The van der Waals surface area contributed by atoms with E-state index in [1.165, 1.54) is 12.0 Å². The second-order valence-electron chi connectivity index (χ2n) is 10.3. The van der Waals surface area contributed by atoms with Crippen LogP contribution in [0.2, 0.25) is 0 Å². The van der Waals surface area contributed by atoms with Gasteiger partial charge in [-0.3, -0.25) is 9.69 Å². The van der Waals surface area contributed by atoms with Crippen molar-refractivity contribution >= 4 is 29.8 Å². The average Bonchev–Trinajstić information content (AvgIpc) is 3.30. The maximum Gasteiger partial charge on any atom is 0.415 e. The Kier molecular flexibility index (Phi) is 10.3. The molecule has 0 fully saturated rings. The third-order valence-electron chi connectivity index (χ3n) is 6.07. The summed E-state index contributed by atoms with van der Waals surface area (Å²) >= 11 is 0. The molecule has 210 valence electrons. The number of nitrogens with one attached hydrogen (secondary N) is 2. The molecule has 2 N–H and O–H groups in total. The Hall–Kier alpha value is -4.08. The molecule has 0 unspecified atom stereocenters. The number of carbonyl (C=O) groups is 4. The molecule has 0 aliphatic carbocycles. The predicted octanol–water partition coefficient (Wildman–Crippen LogP) is 4.11. The van der Waals surface area contributed by atoms with Gasteiger partial charge in [0, 0.05) is 13.0 Å². The minimum atomic E-state index is -0.906. The number of nitrogens with zero attached hydrogens (tertiary/aromatic N) is 1. The lowest BCUT2D eigenvalue weighted by molar-refractivity contribution is -0.145. The molecule has 10 nitrogen and oxygen atoms in total. The van der Waals surface area contributed by atoms with Gasteiger partial charge in [-0.2, -0.15) is 0 Å². The summed E-state index contributed by atoms with van der Waals surface area (Å²) in [5.74, 6) is -1.06. The van der Waals surface area contributed by atoms with E-state index in [-0.39, 0.29) is 6.61 Å². The van der Waals surface area contributed by atoms with Gasteiger partial charge < -0.3 is 24.8 Å². The Morgan fingerprint density at radius 1 is 1.00 bits per heavy atom. The Balaban J connectivity index is 1.53. The van der Waals surface area contributed by atoms with E-state index in [0.29, 0.717) is 37.9 Å². The van der Waals surface area contributed by atoms with E-state index >= 15 is 0 Å². The molecule has 39 heavy (non-hydrogen) atoms. The molecular weight excluding hydrogens is 502 g/mol. The van der Waals surface area contributed by atoms with Gasteiger partial charge in [0.15, 0.2) is 0 Å². The van der Waals surface area contributed by atoms with Crippen molar-refractivity contribution < 1.29 is 33.4 Å². The molecule has 1 aliphatic heterocycles. The number of esters is 1. The van der Waals surface area contributed by atoms with Crippen LogP contribution in [0.25, 0.3) is 0 Å². The van der Waals surface area contributed by atoms with Gasteiger partial charge in [0.1, 0.15) is 24.3 Å². The van der Waals surface area contributed by atoms with Crippen LogP contribution in [0.4, 0.5) is 15.3 Å². The fraction of sp³-hybridized carbons (Fsp3) is 0.448. The number of ether oxygens (including phenoxy) is 3. The highest BCUT2D eigenvalue weighted by atomic mass is 16.6. The maximum absolute atomic E-state index is 13.4. The molecule has 0 bridgehead atoms. The first-order valence-corrected chi connectivity index (χ1v) is 13.0. The van der Waals surface area contributed by atoms with Crippen LogP contribution in [0.1, 0.15) is 51.2 Å². The molecular formula is C29H37N3O7. The topological polar surface area (TPSA) is 123 Å². The van der Waals surface area contributed by atoms with Crippen LogP contribution in [0.15, 0.2) is 54.6 Å². The number of fused-ring (bicyclic) bond motifs is 1. The lowest BCUT2D eigenvalue weighted by Crippen LogP contribution is -2.53. The zero-order valence-electron chi connectivity index (χ0n) is 22.9. The minimum absolute atomic E-state index is 0.175. The van der Waals surface area contributed by atoms with Gasteiger partial charge in [0.25, 0.3) is 0 Å². The van der Waals surface area contributed by atoms with Crippen molar-refractivity contribution in [2.45, 2.75) is 70.7 Å². The summed E-state index contributed by atoms with van der Waals surface area (Å²) in [4.78, 5) is 52.1. The van der Waals surface area contributed by atoms with E-state index < -0.39 is 41.7 Å². The van der Waals surface area contributed by atoms with Crippen molar-refractivity contribution in [1.82, 2.24) is 10.6 Å². The molecule has 2 aromatic rings. The van der Waals surface area contributed by atoms with Crippen LogP contribution < -0.4 is 15.5 Å². The summed E-state index contributed by atoms with van der Waals surface area (Å²) in [6, 6.07) is 14.8. The van der Waals surface area contributed by atoms with Crippen LogP contribution in [0.5, 0.6) is 0 Å². The standard InChI is InChI=1S/C29H37N3O7/c1-29(2,3)39-28(36)32-23-16-9-8-14-21(23)18-24(32)25(33)31-22(26(34)37-4)15-10-11-17-30-27(35)38-19-20-12-6-5-7-13-20/h5-9,12-14,16,22,24H,10-11,15,17-19H2,1-4H3,(H,30,35)(H,31,33)/t22-,24-/m0/s1. The van der Waals surface area contributed by atoms with Gasteiger partial charge in [0.05, 0.1) is 12.8 Å². The number of carbonyl (C=O) groups excluding carboxylic acids is 4. The molecule has 0 aromatic heterocycles. The summed E-state index contributed by atoms with van der Waals surface area (Å²) in [7, 11) is 1.25. The second-order valence-corrected chi connectivity index (χ2v) is 10.3. The molecule has 1 heterocycles. The number of anilines is 1. The molecule has 0 spiro atoms. The number of para-hydroxylation sites is 1. The highest BCUT2D eigenvalue weighted by Gasteiger charge is 2.41. The van der Waals surface area contributed by atoms with Crippen molar-refractivity contribution in [3.05, 3.63) is 65.7 Å². The summed E-state index contributed by atoms with van der Waals surface area (Å²) in [5.41, 5.74) is 1.58. The van der Waals surface area contributed by atoms with Gasteiger partial charge in [0.2, 0.25) is 5.91 Å². The summed E-state index contributed by atoms with van der Waals surface area (Å²) in [5, 5.41) is 5.43. The molecule has 0 saturated carbocycles. The van der Waals surface area contributed by atoms with Crippen molar-refractivity contribution in [3.8, 4) is 0 Å². The van der Waals surface area contributed by atoms with Gasteiger partial charge >= 0.3 is 18.2 Å². The monoisotopic (exact) mass is 539 g/mol. The number of hydrogen-bond acceptors (Lipinski definition) is 7. The van der Waals surface area contributed by atoms with Gasteiger partial charge in [-0.1, -0.05) is 48.5 Å². The van der Waals surface area contributed by atoms with E-state index in [0.717, 1.165) is 11.1 Å². The summed E-state index contributed by atoms with van der Waals surface area (Å²) < 4.78 is 15.6. The Morgan fingerprint density at radius 3 is 2.38 bits per heavy atom. The number of amides is 3. The molecule has 3 amide bonds. The fourth-order valence-corrected chi connectivity index (χ4v) is 4.23. The third kappa shape index (κ3) is 8.73. The first-order valence-electron chi connectivity index (χ1n) is 13.0.